The molecule has 0 aromatic heterocycles. The second-order valence-corrected chi connectivity index (χ2v) is 3.93. The van der Waals surface area contributed by atoms with Gasteiger partial charge in [-0.1, -0.05) is 11.6 Å². The average Bonchev–Trinajstić information content (AvgIpc) is 2.37. The van der Waals surface area contributed by atoms with Gasteiger partial charge in [0.1, 0.15) is 6.04 Å². The van der Waals surface area contributed by atoms with Crippen LogP contribution in [0.15, 0.2) is 18.2 Å². The number of nitrogens with one attached hydrogen (secondary N) is 1. The molecule has 18 heavy (non-hydrogen) atoms. The molecule has 0 aliphatic rings. The molecule has 0 radical (unpaired) electrons. The summed E-state index contributed by atoms with van der Waals surface area (Å²) in [6.45, 7) is -0.0544. The van der Waals surface area contributed by atoms with Crippen molar-refractivity contribution in [2.24, 2.45) is 5.73 Å². The molecule has 0 aliphatic heterocycles. The van der Waals surface area contributed by atoms with E-state index in [1.165, 1.54) is 25.3 Å². The minimum absolute atomic E-state index is 0.0544. The number of nitrogen functional groups attached to an aromatic ring is 1. The molecule has 0 saturated carbocycles. The highest BCUT2D eigenvalue weighted by Crippen LogP contribution is 2.19. The zero-order valence-corrected chi connectivity index (χ0v) is 10.5. The third kappa shape index (κ3) is 3.35. The van der Waals surface area contributed by atoms with Crippen LogP contribution in [0.4, 0.5) is 5.69 Å². The van der Waals surface area contributed by atoms with Crippen molar-refractivity contribution in [3.63, 3.8) is 0 Å². The minimum Gasteiger partial charge on any atom is -0.467 e. The summed E-state index contributed by atoms with van der Waals surface area (Å²) in [6.07, 6.45) is 0. The van der Waals surface area contributed by atoms with E-state index in [0.29, 0.717) is 5.69 Å². The van der Waals surface area contributed by atoms with Gasteiger partial charge in [-0.05, 0) is 18.2 Å². The van der Waals surface area contributed by atoms with E-state index >= 15 is 0 Å². The van der Waals surface area contributed by atoms with Crippen molar-refractivity contribution >= 4 is 29.2 Å². The molecule has 0 spiro atoms. The monoisotopic (exact) mass is 271 g/mol. The predicted molar refractivity (Wildman–Crippen MR) is 68.2 cm³/mol. The van der Waals surface area contributed by atoms with Gasteiger partial charge in [0.25, 0.3) is 5.91 Å². The number of carbonyl (C=O) groups is 2. The van der Waals surface area contributed by atoms with Gasteiger partial charge in [-0.3, -0.25) is 4.79 Å². The number of benzene rings is 1. The third-order valence-corrected chi connectivity index (χ3v) is 2.62. The number of amides is 1. The number of carbonyl (C=O) groups excluding carboxylic acids is 2. The van der Waals surface area contributed by atoms with E-state index in [2.05, 4.69) is 10.1 Å². The summed E-state index contributed by atoms with van der Waals surface area (Å²) in [5.74, 6) is -1.08. The molecule has 1 atom stereocenters. The van der Waals surface area contributed by atoms with Gasteiger partial charge in [0.2, 0.25) is 0 Å². The van der Waals surface area contributed by atoms with Gasteiger partial charge >= 0.3 is 5.97 Å². The molecular weight excluding hydrogens is 258 g/mol. The Labute approximate surface area is 109 Å². The molecular formula is C11H14ClN3O3. The number of hydrogen-bond acceptors (Lipinski definition) is 5. The number of rotatable bonds is 4. The van der Waals surface area contributed by atoms with E-state index in [9.17, 15) is 9.59 Å². The molecule has 0 unspecified atom stereocenters. The normalized spacial score (nSPS) is 11.7. The number of esters is 1. The Hall–Kier alpha value is -1.79. The molecule has 0 aliphatic carbocycles. The minimum atomic E-state index is -0.890. The van der Waals surface area contributed by atoms with Crippen LogP contribution < -0.4 is 16.8 Å². The second kappa shape index (κ2) is 6.23. The fourth-order valence-electron chi connectivity index (χ4n) is 1.27. The fraction of sp³-hybridized carbons (Fsp3) is 0.273. The summed E-state index contributed by atoms with van der Waals surface area (Å²) in [5, 5.41) is 2.71. The number of ether oxygens (including phenoxy) is 1. The molecule has 98 valence electrons. The highest BCUT2D eigenvalue weighted by atomic mass is 35.5. The maximum Gasteiger partial charge on any atom is 0.329 e. The van der Waals surface area contributed by atoms with Crippen molar-refractivity contribution in [2.45, 2.75) is 6.04 Å². The van der Waals surface area contributed by atoms with Gasteiger partial charge in [-0.15, -0.1) is 0 Å². The first-order valence-electron chi connectivity index (χ1n) is 5.13. The van der Waals surface area contributed by atoms with Gasteiger partial charge in [-0.25, -0.2) is 4.79 Å². The molecule has 7 heteroatoms. The van der Waals surface area contributed by atoms with E-state index in [-0.39, 0.29) is 17.1 Å². The summed E-state index contributed by atoms with van der Waals surface area (Å²) in [6, 6.07) is 3.53. The van der Waals surface area contributed by atoms with Gasteiger partial charge in [0.15, 0.2) is 0 Å². The molecule has 5 N–H and O–H groups in total. The van der Waals surface area contributed by atoms with Gasteiger partial charge in [0.05, 0.1) is 17.8 Å². The van der Waals surface area contributed by atoms with Gasteiger partial charge in [-0.2, -0.15) is 0 Å². The van der Waals surface area contributed by atoms with Crippen molar-refractivity contribution in [3.05, 3.63) is 28.8 Å². The average molecular weight is 272 g/mol. The van der Waals surface area contributed by atoms with E-state index in [1.807, 2.05) is 0 Å². The van der Waals surface area contributed by atoms with Crippen LogP contribution in [0.1, 0.15) is 10.4 Å². The van der Waals surface area contributed by atoms with Crippen LogP contribution in [0.25, 0.3) is 0 Å². The van der Waals surface area contributed by atoms with Crippen LogP contribution in [-0.2, 0) is 9.53 Å². The smallest absolute Gasteiger partial charge is 0.329 e. The lowest BCUT2D eigenvalue weighted by molar-refractivity contribution is -0.142. The predicted octanol–water partition coefficient (Wildman–Crippen LogP) is 0.152. The SMILES string of the molecule is COC(=O)[C@H](CN)NC(=O)c1ccc(N)c(Cl)c1. The molecule has 1 amide bonds. The summed E-state index contributed by atoms with van der Waals surface area (Å²) in [7, 11) is 1.22. The molecule has 0 bridgehead atoms. The molecule has 0 saturated heterocycles. The van der Waals surface area contributed by atoms with E-state index in [1.54, 1.807) is 0 Å². The molecule has 0 fully saturated rings. The Bertz CT molecular complexity index is 465. The number of methoxy groups -OCH3 is 1. The Kier molecular flexibility index (Phi) is 4.94. The summed E-state index contributed by atoms with van der Waals surface area (Å²) >= 11 is 5.80. The zero-order valence-electron chi connectivity index (χ0n) is 9.77. The first-order chi connectivity index (χ1) is 8.49. The van der Waals surface area contributed by atoms with Gasteiger partial charge in [0, 0.05) is 12.1 Å². The Balaban J connectivity index is 2.81. The summed E-state index contributed by atoms with van der Waals surface area (Å²) < 4.78 is 4.50. The Morgan fingerprint density at radius 2 is 2.17 bits per heavy atom. The summed E-state index contributed by atoms with van der Waals surface area (Å²) in [4.78, 5) is 23.1. The van der Waals surface area contributed by atoms with Crippen molar-refractivity contribution in [2.75, 3.05) is 19.4 Å². The second-order valence-electron chi connectivity index (χ2n) is 3.52. The highest BCUT2D eigenvalue weighted by molar-refractivity contribution is 6.33. The van der Waals surface area contributed by atoms with Crippen LogP contribution in [0, 0.1) is 0 Å². The van der Waals surface area contributed by atoms with Crippen LogP contribution in [0.3, 0.4) is 0 Å². The number of anilines is 1. The fourth-order valence-corrected chi connectivity index (χ4v) is 1.45. The maximum absolute atomic E-state index is 11.8. The molecule has 6 nitrogen and oxygen atoms in total. The van der Waals surface area contributed by atoms with Crippen LogP contribution in [-0.4, -0.2) is 31.6 Å². The number of nitrogens with two attached hydrogens (primary N) is 2. The molecule has 1 aromatic carbocycles. The van der Waals surface area contributed by atoms with Crippen LogP contribution in [0.5, 0.6) is 0 Å². The largest absolute Gasteiger partial charge is 0.467 e. The molecule has 0 heterocycles. The number of hydrogen-bond donors (Lipinski definition) is 3. The first-order valence-corrected chi connectivity index (χ1v) is 5.51. The quantitative estimate of drug-likeness (QED) is 0.534. The van der Waals surface area contributed by atoms with E-state index < -0.39 is 17.9 Å². The van der Waals surface area contributed by atoms with Crippen molar-refractivity contribution < 1.29 is 14.3 Å². The molecule has 1 rings (SSSR count). The Morgan fingerprint density at radius 1 is 1.50 bits per heavy atom. The van der Waals surface area contributed by atoms with E-state index in [4.69, 9.17) is 23.1 Å². The van der Waals surface area contributed by atoms with Crippen LogP contribution >= 0.6 is 11.6 Å². The summed E-state index contributed by atoms with van der Waals surface area (Å²) in [5.41, 5.74) is 11.6. The van der Waals surface area contributed by atoms with Crippen molar-refractivity contribution in [1.29, 1.82) is 0 Å². The number of halogens is 1. The van der Waals surface area contributed by atoms with Gasteiger partial charge < -0.3 is 21.5 Å². The zero-order chi connectivity index (χ0) is 13.7. The maximum atomic E-state index is 11.8. The van der Waals surface area contributed by atoms with E-state index in [0.717, 1.165) is 0 Å². The van der Waals surface area contributed by atoms with Crippen molar-refractivity contribution in [1.82, 2.24) is 5.32 Å². The lowest BCUT2D eigenvalue weighted by atomic mass is 10.1. The lowest BCUT2D eigenvalue weighted by Crippen LogP contribution is -2.46. The highest BCUT2D eigenvalue weighted by Gasteiger charge is 2.20. The lowest BCUT2D eigenvalue weighted by Gasteiger charge is -2.14. The van der Waals surface area contributed by atoms with Crippen LogP contribution in [0.2, 0.25) is 5.02 Å². The topological polar surface area (TPSA) is 107 Å². The Morgan fingerprint density at radius 3 is 2.67 bits per heavy atom. The van der Waals surface area contributed by atoms with Crippen molar-refractivity contribution in [3.8, 4) is 0 Å². The first kappa shape index (κ1) is 14.3. The molecule has 1 aromatic rings. The standard InChI is InChI=1S/C11H14ClN3O3/c1-18-11(17)9(5-13)15-10(16)6-2-3-8(14)7(12)4-6/h2-4,9H,5,13-14H2,1H3,(H,15,16)/t9-/m0/s1. The third-order valence-electron chi connectivity index (χ3n) is 2.29.